The summed E-state index contributed by atoms with van der Waals surface area (Å²) in [5.74, 6) is 0.165. The Balaban J connectivity index is 1.69. The molecule has 2 aliphatic rings. The number of hydrogen-bond donors (Lipinski definition) is 1. The molecule has 0 radical (unpaired) electrons. The monoisotopic (exact) mass is 419 g/mol. The SMILES string of the molecule is CC(C)(C)C[C@H]1C[C@@H](c2onc(C[C@@H](CC(=O)OC(C)(C)C)C(=O)O)c2C2CC2)C1. The largest absolute Gasteiger partial charge is 0.481 e. The van der Waals surface area contributed by atoms with E-state index in [1.165, 1.54) is 6.42 Å². The second kappa shape index (κ2) is 8.35. The number of rotatable bonds is 8. The van der Waals surface area contributed by atoms with Gasteiger partial charge < -0.3 is 14.4 Å². The molecule has 0 spiro atoms. The number of carboxylic acids is 1. The van der Waals surface area contributed by atoms with E-state index in [1.54, 1.807) is 20.8 Å². The number of nitrogens with zero attached hydrogens (tertiary/aromatic N) is 1. The third-order valence-corrected chi connectivity index (χ3v) is 5.95. The van der Waals surface area contributed by atoms with Gasteiger partial charge in [-0.3, -0.25) is 9.59 Å². The molecule has 2 aliphatic carbocycles. The predicted molar refractivity (Wildman–Crippen MR) is 113 cm³/mol. The first-order valence-corrected chi connectivity index (χ1v) is 11.3. The summed E-state index contributed by atoms with van der Waals surface area (Å²) in [4.78, 5) is 24.0. The number of aliphatic carboxylic acids is 1. The standard InChI is InChI=1S/C24H37NO5/c1-23(2,3)13-14-9-16(10-14)21-20(15-7-8-15)18(25-30-21)11-17(22(27)28)12-19(26)29-24(4,5)6/h14-17H,7-13H2,1-6H3,(H,27,28)/t14-,16+,17-/m0/s1. The van der Waals surface area contributed by atoms with Crippen molar-refractivity contribution in [2.24, 2.45) is 17.3 Å². The maximum atomic E-state index is 12.2. The van der Waals surface area contributed by atoms with E-state index in [-0.39, 0.29) is 12.8 Å². The van der Waals surface area contributed by atoms with E-state index < -0.39 is 23.5 Å². The van der Waals surface area contributed by atoms with Gasteiger partial charge in [0.2, 0.25) is 0 Å². The average molecular weight is 420 g/mol. The first kappa shape index (κ1) is 22.8. The van der Waals surface area contributed by atoms with Crippen molar-refractivity contribution in [3.63, 3.8) is 0 Å². The van der Waals surface area contributed by atoms with E-state index in [9.17, 15) is 14.7 Å². The lowest BCUT2D eigenvalue weighted by atomic mass is 9.67. The van der Waals surface area contributed by atoms with Gasteiger partial charge in [-0.15, -0.1) is 0 Å². The fourth-order valence-electron chi connectivity index (χ4n) is 4.64. The minimum atomic E-state index is -0.999. The summed E-state index contributed by atoms with van der Waals surface area (Å²) in [5, 5.41) is 14.0. The van der Waals surface area contributed by atoms with Crippen LogP contribution in [-0.2, 0) is 20.7 Å². The highest BCUT2D eigenvalue weighted by Gasteiger charge is 2.41. The van der Waals surface area contributed by atoms with Crippen LogP contribution in [0, 0.1) is 17.3 Å². The van der Waals surface area contributed by atoms with Crippen molar-refractivity contribution in [1.82, 2.24) is 5.16 Å². The van der Waals surface area contributed by atoms with Gasteiger partial charge in [0, 0.05) is 17.9 Å². The molecule has 0 amide bonds. The topological polar surface area (TPSA) is 89.6 Å². The van der Waals surface area contributed by atoms with Gasteiger partial charge in [0.25, 0.3) is 0 Å². The highest BCUT2D eigenvalue weighted by atomic mass is 16.6. The Kier molecular flexibility index (Phi) is 6.35. The predicted octanol–water partition coefficient (Wildman–Crippen LogP) is 5.46. The maximum absolute atomic E-state index is 12.2. The van der Waals surface area contributed by atoms with Crippen molar-refractivity contribution < 1.29 is 24.0 Å². The molecule has 168 valence electrons. The number of esters is 1. The quantitative estimate of drug-likeness (QED) is 0.563. The molecular weight excluding hydrogens is 382 g/mol. The number of carbonyl (C=O) groups excluding carboxylic acids is 1. The van der Waals surface area contributed by atoms with Gasteiger partial charge in [-0.2, -0.15) is 0 Å². The van der Waals surface area contributed by atoms with Crippen molar-refractivity contribution in [3.05, 3.63) is 17.0 Å². The lowest BCUT2D eigenvalue weighted by molar-refractivity contribution is -0.159. The zero-order chi connectivity index (χ0) is 22.3. The Hall–Kier alpha value is -1.85. The minimum Gasteiger partial charge on any atom is -0.481 e. The van der Waals surface area contributed by atoms with E-state index in [0.29, 0.717) is 17.3 Å². The third kappa shape index (κ3) is 6.08. The van der Waals surface area contributed by atoms with Gasteiger partial charge >= 0.3 is 11.9 Å². The Morgan fingerprint density at radius 2 is 1.77 bits per heavy atom. The van der Waals surface area contributed by atoms with Crippen molar-refractivity contribution in [1.29, 1.82) is 0 Å². The molecule has 1 aromatic heterocycles. The number of carboxylic acid groups (broad SMARTS) is 1. The molecule has 1 heterocycles. The number of aromatic nitrogens is 1. The lowest BCUT2D eigenvalue weighted by Crippen LogP contribution is -2.28. The Morgan fingerprint density at radius 1 is 1.13 bits per heavy atom. The fraction of sp³-hybridized carbons (Fsp3) is 0.792. The number of carbonyl (C=O) groups is 2. The molecule has 0 saturated heterocycles. The number of hydrogen-bond acceptors (Lipinski definition) is 5. The van der Waals surface area contributed by atoms with Gasteiger partial charge in [0.15, 0.2) is 0 Å². The number of ether oxygens (including phenoxy) is 1. The summed E-state index contributed by atoms with van der Waals surface area (Å²) in [6, 6.07) is 0. The normalized spacial score (nSPS) is 23.0. The molecule has 2 fully saturated rings. The van der Waals surface area contributed by atoms with Crippen molar-refractivity contribution >= 4 is 11.9 Å². The lowest BCUT2D eigenvalue weighted by Gasteiger charge is -2.38. The summed E-state index contributed by atoms with van der Waals surface area (Å²) in [6.07, 6.45) is 5.70. The van der Waals surface area contributed by atoms with E-state index in [1.807, 2.05) is 0 Å². The molecule has 6 nitrogen and oxygen atoms in total. The van der Waals surface area contributed by atoms with Crippen LogP contribution >= 0.6 is 0 Å². The minimum absolute atomic E-state index is 0.157. The highest BCUT2D eigenvalue weighted by molar-refractivity contribution is 5.79. The smallest absolute Gasteiger partial charge is 0.307 e. The zero-order valence-corrected chi connectivity index (χ0v) is 19.3. The molecule has 30 heavy (non-hydrogen) atoms. The molecule has 1 atom stereocenters. The van der Waals surface area contributed by atoms with Gasteiger partial charge in [-0.05, 0) is 70.1 Å². The van der Waals surface area contributed by atoms with Crippen LogP contribution in [0.25, 0.3) is 0 Å². The summed E-state index contributed by atoms with van der Waals surface area (Å²) in [5.41, 5.74) is 1.55. The summed E-state index contributed by atoms with van der Waals surface area (Å²) >= 11 is 0. The van der Waals surface area contributed by atoms with Crippen molar-refractivity contribution in [2.45, 2.75) is 104 Å². The van der Waals surface area contributed by atoms with Crippen LogP contribution < -0.4 is 0 Å². The van der Waals surface area contributed by atoms with Crippen LogP contribution in [-0.4, -0.2) is 27.8 Å². The molecule has 6 heteroatoms. The highest BCUT2D eigenvalue weighted by Crippen LogP contribution is 2.52. The molecule has 1 N–H and O–H groups in total. The van der Waals surface area contributed by atoms with Crippen LogP contribution in [0.2, 0.25) is 0 Å². The zero-order valence-electron chi connectivity index (χ0n) is 19.3. The molecule has 0 aliphatic heterocycles. The Bertz CT molecular complexity index is 772. The molecule has 1 aromatic rings. The summed E-state index contributed by atoms with van der Waals surface area (Å²) in [7, 11) is 0. The average Bonchev–Trinajstić information content (AvgIpc) is 3.28. The molecule has 0 bridgehead atoms. The van der Waals surface area contributed by atoms with Crippen molar-refractivity contribution in [2.75, 3.05) is 0 Å². The van der Waals surface area contributed by atoms with E-state index in [4.69, 9.17) is 9.26 Å². The van der Waals surface area contributed by atoms with Gasteiger partial charge in [-0.25, -0.2) is 0 Å². The summed E-state index contributed by atoms with van der Waals surface area (Å²) < 4.78 is 11.1. The van der Waals surface area contributed by atoms with E-state index in [0.717, 1.165) is 48.6 Å². The maximum Gasteiger partial charge on any atom is 0.307 e. The Labute approximate surface area is 179 Å². The van der Waals surface area contributed by atoms with Crippen LogP contribution in [0.5, 0.6) is 0 Å². The van der Waals surface area contributed by atoms with Crippen LogP contribution in [0.15, 0.2) is 4.52 Å². The van der Waals surface area contributed by atoms with Crippen LogP contribution in [0.4, 0.5) is 0 Å². The van der Waals surface area contributed by atoms with Gasteiger partial charge in [-0.1, -0.05) is 25.9 Å². The first-order chi connectivity index (χ1) is 13.8. The van der Waals surface area contributed by atoms with Crippen LogP contribution in [0.1, 0.15) is 109 Å². The molecule has 0 unspecified atom stereocenters. The van der Waals surface area contributed by atoms with Gasteiger partial charge in [0.1, 0.15) is 11.4 Å². The fourth-order valence-corrected chi connectivity index (χ4v) is 4.64. The molecule has 3 rings (SSSR count). The third-order valence-electron chi connectivity index (χ3n) is 5.95. The molecule has 0 aromatic carbocycles. The summed E-state index contributed by atoms with van der Waals surface area (Å²) in [6.45, 7) is 12.2. The molecular formula is C24H37NO5. The second-order valence-corrected chi connectivity index (χ2v) is 11.5. The van der Waals surface area contributed by atoms with Gasteiger partial charge in [0.05, 0.1) is 18.0 Å². The van der Waals surface area contributed by atoms with E-state index >= 15 is 0 Å². The molecule has 2 saturated carbocycles. The first-order valence-electron chi connectivity index (χ1n) is 11.3. The van der Waals surface area contributed by atoms with Crippen molar-refractivity contribution in [3.8, 4) is 0 Å². The Morgan fingerprint density at radius 3 is 2.27 bits per heavy atom. The van der Waals surface area contributed by atoms with E-state index in [2.05, 4.69) is 25.9 Å². The van der Waals surface area contributed by atoms with Crippen LogP contribution in [0.3, 0.4) is 0 Å². The second-order valence-electron chi connectivity index (χ2n) is 11.5.